The number of aliphatic carboxylic acids is 1. The third kappa shape index (κ3) is 1.85. The van der Waals surface area contributed by atoms with Gasteiger partial charge in [0.25, 0.3) is 5.91 Å². The van der Waals surface area contributed by atoms with Crippen molar-refractivity contribution < 1.29 is 14.7 Å². The first kappa shape index (κ1) is 10.2. The number of carbonyl (C=O) groups is 2. The largest absolute Gasteiger partial charge is 0.480 e. The van der Waals surface area contributed by atoms with Crippen molar-refractivity contribution in [2.24, 2.45) is 10.9 Å². The molecule has 1 aliphatic heterocycles. The summed E-state index contributed by atoms with van der Waals surface area (Å²) in [6.45, 7) is 0. The maximum Gasteiger partial charge on any atom is 0.320 e. The molecule has 1 aromatic rings. The van der Waals surface area contributed by atoms with E-state index in [1.54, 1.807) is 6.07 Å². The molecule has 1 N–H and O–H groups in total. The van der Waals surface area contributed by atoms with Gasteiger partial charge in [0.15, 0.2) is 5.92 Å². The highest BCUT2D eigenvalue weighted by Gasteiger charge is 2.26. The van der Waals surface area contributed by atoms with Crippen molar-refractivity contribution in [3.8, 4) is 0 Å². The minimum absolute atomic E-state index is 0.509. The van der Waals surface area contributed by atoms with E-state index in [2.05, 4.69) is 15.0 Å². The van der Waals surface area contributed by atoms with Crippen LogP contribution in [0.2, 0.25) is 0 Å². The number of dihydropyridines is 1. The average Bonchev–Trinajstić information content (AvgIpc) is 2.30. The fourth-order valence-electron chi connectivity index (χ4n) is 1.30. The van der Waals surface area contributed by atoms with Crippen molar-refractivity contribution in [2.45, 2.75) is 0 Å². The van der Waals surface area contributed by atoms with Crippen molar-refractivity contribution in [3.63, 3.8) is 0 Å². The number of hydrogen-bond acceptors (Lipinski definition) is 4. The zero-order valence-corrected chi connectivity index (χ0v) is 8.07. The fourth-order valence-corrected chi connectivity index (χ4v) is 1.30. The lowest BCUT2D eigenvalue weighted by atomic mass is 10.0. The first-order valence-corrected chi connectivity index (χ1v) is 4.47. The number of carboxylic acid groups (broad SMARTS) is 1. The Morgan fingerprint density at radius 1 is 1.44 bits per heavy atom. The quantitative estimate of drug-likeness (QED) is 0.713. The Balaban J connectivity index is 2.37. The van der Waals surface area contributed by atoms with Gasteiger partial charge in [-0.2, -0.15) is 0 Å². The summed E-state index contributed by atoms with van der Waals surface area (Å²) >= 11 is 0. The van der Waals surface area contributed by atoms with E-state index in [-0.39, 0.29) is 0 Å². The van der Waals surface area contributed by atoms with E-state index in [1.165, 1.54) is 24.8 Å². The molecule has 1 atom stereocenters. The van der Waals surface area contributed by atoms with Gasteiger partial charge in [-0.25, -0.2) is 15.0 Å². The van der Waals surface area contributed by atoms with Gasteiger partial charge in [-0.1, -0.05) is 0 Å². The lowest BCUT2D eigenvalue weighted by Gasteiger charge is -2.10. The van der Waals surface area contributed by atoms with Gasteiger partial charge in [0.05, 0.1) is 5.69 Å². The average molecular weight is 217 g/mol. The van der Waals surface area contributed by atoms with Crippen LogP contribution in [0.4, 0.5) is 0 Å². The van der Waals surface area contributed by atoms with Gasteiger partial charge in [0, 0.05) is 18.0 Å². The Morgan fingerprint density at radius 2 is 2.25 bits per heavy atom. The highest BCUT2D eigenvalue weighted by atomic mass is 16.4. The van der Waals surface area contributed by atoms with Crippen LogP contribution in [0.1, 0.15) is 5.69 Å². The second-order valence-corrected chi connectivity index (χ2v) is 3.13. The Bertz CT molecular complexity index is 493. The van der Waals surface area contributed by atoms with Crippen LogP contribution >= 0.6 is 0 Å². The zero-order chi connectivity index (χ0) is 11.5. The maximum atomic E-state index is 11.2. The standard InChI is InChI=1S/C10H7N3O3/c14-9-7(10(15)16)3-6(4-12-9)8-1-2-11-5-13-8/h1-5,7H,(H,15,16). The van der Waals surface area contributed by atoms with Crippen molar-refractivity contribution in [3.05, 3.63) is 30.4 Å². The number of carboxylic acids is 1. The molecule has 0 aliphatic carbocycles. The number of rotatable bonds is 2. The third-order valence-corrected chi connectivity index (χ3v) is 2.09. The topological polar surface area (TPSA) is 92.5 Å². The van der Waals surface area contributed by atoms with E-state index in [0.717, 1.165) is 0 Å². The molecular formula is C10H7N3O3. The highest BCUT2D eigenvalue weighted by Crippen LogP contribution is 2.17. The van der Waals surface area contributed by atoms with Crippen molar-refractivity contribution >= 4 is 23.7 Å². The normalized spacial score (nSPS) is 19.4. The van der Waals surface area contributed by atoms with Gasteiger partial charge in [0.1, 0.15) is 6.33 Å². The number of carbonyl (C=O) groups excluding carboxylic acids is 1. The van der Waals surface area contributed by atoms with E-state index in [4.69, 9.17) is 5.11 Å². The lowest BCUT2D eigenvalue weighted by Crippen LogP contribution is -2.23. The van der Waals surface area contributed by atoms with Crippen LogP contribution in [0.3, 0.4) is 0 Å². The number of nitrogens with zero attached hydrogens (tertiary/aromatic N) is 3. The minimum atomic E-state index is -1.23. The van der Waals surface area contributed by atoms with Crippen LogP contribution in [0, 0.1) is 5.92 Å². The van der Waals surface area contributed by atoms with Crippen LogP contribution < -0.4 is 0 Å². The molecule has 1 unspecified atom stereocenters. The summed E-state index contributed by atoms with van der Waals surface area (Å²) in [5.41, 5.74) is 1.05. The molecule has 1 aromatic heterocycles. The second kappa shape index (κ2) is 4.01. The first-order chi connectivity index (χ1) is 7.68. The first-order valence-electron chi connectivity index (χ1n) is 4.47. The zero-order valence-electron chi connectivity index (χ0n) is 8.07. The summed E-state index contributed by atoms with van der Waals surface area (Å²) in [5.74, 6) is -3.12. The summed E-state index contributed by atoms with van der Waals surface area (Å²) in [6, 6.07) is 1.62. The fraction of sp³-hybridized carbons (Fsp3) is 0.100. The van der Waals surface area contributed by atoms with Crippen LogP contribution in [-0.4, -0.2) is 33.2 Å². The molecule has 0 fully saturated rings. The molecule has 1 aliphatic rings. The Labute approximate surface area is 90.4 Å². The smallest absolute Gasteiger partial charge is 0.320 e. The van der Waals surface area contributed by atoms with Crippen LogP contribution in [0.15, 0.2) is 29.7 Å². The predicted molar refractivity (Wildman–Crippen MR) is 54.6 cm³/mol. The van der Waals surface area contributed by atoms with E-state index < -0.39 is 17.8 Å². The van der Waals surface area contributed by atoms with Crippen molar-refractivity contribution in [1.29, 1.82) is 0 Å². The molecule has 0 saturated carbocycles. The van der Waals surface area contributed by atoms with Crippen molar-refractivity contribution in [1.82, 2.24) is 9.97 Å². The molecular weight excluding hydrogens is 210 g/mol. The van der Waals surface area contributed by atoms with Gasteiger partial charge in [0.2, 0.25) is 0 Å². The monoisotopic (exact) mass is 217 g/mol. The van der Waals surface area contributed by atoms with Gasteiger partial charge < -0.3 is 5.11 Å². The lowest BCUT2D eigenvalue weighted by molar-refractivity contribution is -0.143. The molecule has 6 heteroatoms. The second-order valence-electron chi connectivity index (χ2n) is 3.13. The molecule has 2 heterocycles. The number of hydrogen-bond donors (Lipinski definition) is 1. The highest BCUT2D eigenvalue weighted by molar-refractivity contribution is 6.19. The SMILES string of the molecule is O=C(O)C1C=C(c2ccncn2)C=NC1=O. The molecule has 0 bridgehead atoms. The number of aromatic nitrogens is 2. The molecule has 1 amide bonds. The van der Waals surface area contributed by atoms with Gasteiger partial charge >= 0.3 is 5.97 Å². The molecule has 0 spiro atoms. The van der Waals surface area contributed by atoms with E-state index >= 15 is 0 Å². The number of amides is 1. The molecule has 6 nitrogen and oxygen atoms in total. The van der Waals surface area contributed by atoms with Gasteiger partial charge in [-0.15, -0.1) is 0 Å². The molecule has 80 valence electrons. The van der Waals surface area contributed by atoms with Crippen LogP contribution in [0.5, 0.6) is 0 Å². The molecule has 0 saturated heterocycles. The van der Waals surface area contributed by atoms with Crippen LogP contribution in [-0.2, 0) is 9.59 Å². The minimum Gasteiger partial charge on any atom is -0.480 e. The molecule has 0 aromatic carbocycles. The Hall–Kier alpha value is -2.37. The van der Waals surface area contributed by atoms with E-state index in [0.29, 0.717) is 11.3 Å². The molecule has 2 rings (SSSR count). The third-order valence-electron chi connectivity index (χ3n) is 2.09. The Morgan fingerprint density at radius 3 is 2.88 bits per heavy atom. The van der Waals surface area contributed by atoms with Crippen LogP contribution in [0.25, 0.3) is 5.57 Å². The van der Waals surface area contributed by atoms with Gasteiger partial charge in [-0.3, -0.25) is 9.59 Å². The summed E-state index contributed by atoms with van der Waals surface area (Å²) in [6.07, 6.45) is 5.52. The number of allylic oxidation sites excluding steroid dienone is 1. The summed E-state index contributed by atoms with van der Waals surface area (Å²) in [4.78, 5) is 33.1. The summed E-state index contributed by atoms with van der Waals surface area (Å²) in [7, 11) is 0. The maximum absolute atomic E-state index is 11.2. The van der Waals surface area contributed by atoms with E-state index in [9.17, 15) is 9.59 Å². The summed E-state index contributed by atoms with van der Waals surface area (Å²) < 4.78 is 0. The summed E-state index contributed by atoms with van der Waals surface area (Å²) in [5, 5.41) is 8.80. The molecule has 0 radical (unpaired) electrons. The predicted octanol–water partition coefficient (Wildman–Crippen LogP) is 0.172. The van der Waals surface area contributed by atoms with Crippen molar-refractivity contribution in [2.75, 3.05) is 0 Å². The van der Waals surface area contributed by atoms with Gasteiger partial charge in [-0.05, 0) is 12.1 Å². The molecule has 16 heavy (non-hydrogen) atoms. The Kier molecular flexibility index (Phi) is 2.55. The van der Waals surface area contributed by atoms with E-state index in [1.807, 2.05) is 0 Å². The number of aliphatic imine (C=N–C) groups is 1.